The number of rotatable bonds is 10. The number of nitrogens with zero attached hydrogens (tertiary/aromatic N) is 4. The van der Waals surface area contributed by atoms with Gasteiger partial charge in [0.25, 0.3) is 0 Å². The summed E-state index contributed by atoms with van der Waals surface area (Å²) in [5, 5.41) is 9.87. The highest BCUT2D eigenvalue weighted by Crippen LogP contribution is 2.55. The molecule has 0 saturated heterocycles. The van der Waals surface area contributed by atoms with Crippen molar-refractivity contribution in [3.63, 3.8) is 0 Å². The molecule has 0 bridgehead atoms. The summed E-state index contributed by atoms with van der Waals surface area (Å²) in [5.74, 6) is 0. The molecule has 4 heteroatoms. The van der Waals surface area contributed by atoms with Crippen LogP contribution >= 0.6 is 0 Å². The first-order chi connectivity index (χ1) is 40.7. The number of anilines is 6. The summed E-state index contributed by atoms with van der Waals surface area (Å²) in [6, 6.07) is 111. The number of benzene rings is 13. The van der Waals surface area contributed by atoms with Crippen LogP contribution in [0.2, 0.25) is 0 Å². The van der Waals surface area contributed by atoms with Crippen LogP contribution in [0.25, 0.3) is 121 Å². The first kappa shape index (κ1) is 46.0. The molecule has 17 aromatic rings. The van der Waals surface area contributed by atoms with Crippen LogP contribution in [0.5, 0.6) is 0 Å². The molecule has 0 unspecified atom stereocenters. The highest BCUT2D eigenvalue weighted by atomic mass is 15.2. The van der Waals surface area contributed by atoms with Crippen molar-refractivity contribution >= 4 is 110 Å². The number of hydrogen-bond donors (Lipinski definition) is 0. The van der Waals surface area contributed by atoms with Crippen LogP contribution < -0.4 is 9.80 Å². The third-order valence-corrected chi connectivity index (χ3v) is 17.1. The Bertz CT molecular complexity index is 5250. The lowest BCUT2D eigenvalue weighted by atomic mass is 9.89. The van der Waals surface area contributed by atoms with Crippen molar-refractivity contribution in [3.05, 3.63) is 303 Å². The van der Waals surface area contributed by atoms with E-state index in [1.807, 2.05) is 0 Å². The molecule has 0 aliphatic carbocycles. The summed E-state index contributed by atoms with van der Waals surface area (Å²) >= 11 is 0. The molecular formula is C78H50N4. The first-order valence-corrected chi connectivity index (χ1v) is 28.3. The maximum Gasteiger partial charge on any atom is 0.0634 e. The molecule has 0 radical (unpaired) electrons. The van der Waals surface area contributed by atoms with Gasteiger partial charge in [-0.15, -0.1) is 0 Å². The molecule has 0 N–H and O–H groups in total. The van der Waals surface area contributed by atoms with Gasteiger partial charge in [-0.25, -0.2) is 0 Å². The molecule has 0 aliphatic heterocycles. The first-order valence-electron chi connectivity index (χ1n) is 28.3. The molecule has 0 aliphatic rings. The maximum atomic E-state index is 2.63. The van der Waals surface area contributed by atoms with Crippen LogP contribution in [0.4, 0.5) is 34.1 Å². The van der Waals surface area contributed by atoms with Gasteiger partial charge in [-0.2, -0.15) is 0 Å². The van der Waals surface area contributed by atoms with Crippen molar-refractivity contribution in [1.82, 2.24) is 8.80 Å². The van der Waals surface area contributed by atoms with E-state index < -0.39 is 0 Å². The highest BCUT2D eigenvalue weighted by Gasteiger charge is 2.31. The van der Waals surface area contributed by atoms with Crippen molar-refractivity contribution in [2.24, 2.45) is 0 Å². The van der Waals surface area contributed by atoms with Crippen LogP contribution in [-0.2, 0) is 0 Å². The Kier molecular flexibility index (Phi) is 10.3. The SMILES string of the molecule is c1ccc(-c2cccc(N(c3ccccc3)c3ccc4c5cccc6c7c(-c8ccccc8)c8c(c(-c9ccccc9)c7n(c4c3)c56)c3cccc4c5ccc(N(c6ccccc6)c6ccccc6-c6ccccc6)cc5n8c43)c2)cc1. The van der Waals surface area contributed by atoms with E-state index in [0.29, 0.717) is 0 Å². The lowest BCUT2D eigenvalue weighted by molar-refractivity contribution is 1.28. The minimum Gasteiger partial charge on any atom is -0.310 e. The Morgan fingerprint density at radius 1 is 0.220 bits per heavy atom. The van der Waals surface area contributed by atoms with E-state index in [4.69, 9.17) is 0 Å². The van der Waals surface area contributed by atoms with Gasteiger partial charge in [0, 0.05) is 88.2 Å². The van der Waals surface area contributed by atoms with Crippen molar-refractivity contribution in [3.8, 4) is 44.5 Å². The molecule has 13 aromatic carbocycles. The molecule has 0 atom stereocenters. The summed E-state index contributed by atoms with van der Waals surface area (Å²) in [4.78, 5) is 4.85. The van der Waals surface area contributed by atoms with Crippen LogP contribution in [-0.4, -0.2) is 8.80 Å². The Hall–Kier alpha value is -10.9. The Morgan fingerprint density at radius 3 is 1.12 bits per heavy atom. The second-order valence-electron chi connectivity index (χ2n) is 21.5. The van der Waals surface area contributed by atoms with Crippen molar-refractivity contribution < 1.29 is 0 Å². The molecule has 4 nitrogen and oxygen atoms in total. The monoisotopic (exact) mass is 1040 g/mol. The van der Waals surface area contributed by atoms with Crippen LogP contribution in [0.15, 0.2) is 303 Å². The smallest absolute Gasteiger partial charge is 0.0634 e. The van der Waals surface area contributed by atoms with Crippen LogP contribution in [0.3, 0.4) is 0 Å². The minimum atomic E-state index is 1.08. The highest BCUT2D eigenvalue weighted by molar-refractivity contribution is 6.38. The quantitative estimate of drug-likeness (QED) is 0.136. The molecule has 4 heterocycles. The van der Waals surface area contributed by atoms with Gasteiger partial charge in [0.15, 0.2) is 0 Å². The van der Waals surface area contributed by atoms with E-state index in [1.54, 1.807) is 0 Å². The Balaban J connectivity index is 1.01. The normalized spacial score (nSPS) is 11.9. The number of para-hydroxylation sites is 5. The number of aromatic nitrogens is 2. The number of fused-ring (bicyclic) bond motifs is 12. The van der Waals surface area contributed by atoms with Gasteiger partial charge >= 0.3 is 0 Å². The summed E-state index contributed by atoms with van der Waals surface area (Å²) < 4.78 is 5.26. The van der Waals surface area contributed by atoms with Gasteiger partial charge in [0.05, 0.1) is 38.8 Å². The standard InChI is InChI=1S/C78H50N4/c1-7-24-51(25-8-1)55-32-21-37-58(48-55)79(56-33-15-5-16-34-56)59-44-46-62-64-39-22-41-66-73-72(54-30-13-4-14-31-54)78-74(71(53-28-11-3-12-29-53)77(73)81(75(64)66)69(62)49-59)67-42-23-40-65-63-47-45-60(50-70(63)82(78)76(65)67)80(57-35-17-6-18-36-57)68-43-20-19-38-61(68)52-26-9-2-10-27-52/h1-50H. The van der Waals surface area contributed by atoms with Gasteiger partial charge in [0.1, 0.15) is 0 Å². The van der Waals surface area contributed by atoms with Gasteiger partial charge in [0.2, 0.25) is 0 Å². The summed E-state index contributed by atoms with van der Waals surface area (Å²) in [6.45, 7) is 0. The van der Waals surface area contributed by atoms with E-state index in [9.17, 15) is 0 Å². The maximum absolute atomic E-state index is 2.63. The van der Waals surface area contributed by atoms with E-state index in [2.05, 4.69) is 322 Å². The lowest BCUT2D eigenvalue weighted by Gasteiger charge is -2.28. The van der Waals surface area contributed by atoms with E-state index in [1.165, 1.54) is 110 Å². The van der Waals surface area contributed by atoms with E-state index in [0.717, 1.165) is 45.2 Å². The van der Waals surface area contributed by atoms with Crippen molar-refractivity contribution in [1.29, 1.82) is 0 Å². The van der Waals surface area contributed by atoms with Gasteiger partial charge in [-0.3, -0.25) is 0 Å². The second-order valence-corrected chi connectivity index (χ2v) is 21.5. The lowest BCUT2D eigenvalue weighted by Crippen LogP contribution is -2.11. The van der Waals surface area contributed by atoms with Crippen molar-refractivity contribution in [2.45, 2.75) is 0 Å². The third kappa shape index (κ3) is 6.85. The zero-order valence-corrected chi connectivity index (χ0v) is 44.7. The molecule has 82 heavy (non-hydrogen) atoms. The van der Waals surface area contributed by atoms with E-state index >= 15 is 0 Å². The fourth-order valence-electron chi connectivity index (χ4n) is 13.7. The largest absolute Gasteiger partial charge is 0.310 e. The molecule has 0 fully saturated rings. The van der Waals surface area contributed by atoms with Gasteiger partial charge < -0.3 is 18.6 Å². The molecule has 4 aromatic heterocycles. The third-order valence-electron chi connectivity index (χ3n) is 17.1. The zero-order valence-electron chi connectivity index (χ0n) is 44.7. The molecule has 17 rings (SSSR count). The fraction of sp³-hybridized carbons (Fsp3) is 0. The van der Waals surface area contributed by atoms with Gasteiger partial charge in [-0.05, 0) is 94.5 Å². The molecule has 382 valence electrons. The predicted molar refractivity (Wildman–Crippen MR) is 347 cm³/mol. The average molecular weight is 1040 g/mol. The van der Waals surface area contributed by atoms with Gasteiger partial charge in [-0.1, -0.05) is 237 Å². The van der Waals surface area contributed by atoms with Crippen molar-refractivity contribution in [2.75, 3.05) is 9.80 Å². The Morgan fingerprint density at radius 2 is 0.598 bits per heavy atom. The zero-order chi connectivity index (χ0) is 53.8. The fourth-order valence-corrected chi connectivity index (χ4v) is 13.7. The molecule has 0 saturated carbocycles. The summed E-state index contributed by atoms with van der Waals surface area (Å²) in [6.07, 6.45) is 0. The van der Waals surface area contributed by atoms with Crippen LogP contribution in [0.1, 0.15) is 0 Å². The Labute approximate surface area is 474 Å². The average Bonchev–Trinajstić information content (AvgIpc) is 1.58. The summed E-state index contributed by atoms with van der Waals surface area (Å²) in [5.41, 5.74) is 23.3. The number of hydrogen-bond acceptors (Lipinski definition) is 2. The summed E-state index contributed by atoms with van der Waals surface area (Å²) in [7, 11) is 0. The van der Waals surface area contributed by atoms with Crippen LogP contribution in [0, 0.1) is 0 Å². The molecular weight excluding hydrogens is 993 g/mol. The minimum absolute atomic E-state index is 1.08. The second kappa shape index (κ2) is 18.3. The molecule has 0 amide bonds. The topological polar surface area (TPSA) is 15.3 Å². The predicted octanol–water partition coefficient (Wildman–Crippen LogP) is 21.6. The molecule has 0 spiro atoms. The van der Waals surface area contributed by atoms with E-state index in [-0.39, 0.29) is 0 Å².